The van der Waals surface area contributed by atoms with Gasteiger partial charge in [0.25, 0.3) is 5.91 Å². The Kier molecular flexibility index (Phi) is 3.41. The molecule has 1 aliphatic rings. The highest BCUT2D eigenvalue weighted by atomic mass is 79.9. The Labute approximate surface area is 97.0 Å². The van der Waals surface area contributed by atoms with Crippen LogP contribution in [0.1, 0.15) is 42.6 Å². The molecule has 0 spiro atoms. The largest absolute Gasteiger partial charge is 0.348 e. The summed E-state index contributed by atoms with van der Waals surface area (Å²) in [6.45, 7) is 0. The summed E-state index contributed by atoms with van der Waals surface area (Å²) in [4.78, 5) is 11.8. The molecule has 15 heavy (non-hydrogen) atoms. The Hall–Kier alpha value is -0.840. The van der Waals surface area contributed by atoms with Crippen molar-refractivity contribution in [2.24, 2.45) is 0 Å². The van der Waals surface area contributed by atoms with Crippen molar-refractivity contribution in [3.63, 3.8) is 0 Å². The van der Waals surface area contributed by atoms with Crippen molar-refractivity contribution in [2.45, 2.75) is 38.1 Å². The molecule has 2 rings (SSSR count). The Bertz CT molecular complexity index is 344. The summed E-state index contributed by atoms with van der Waals surface area (Å²) in [5.41, 5.74) is 0.514. The van der Waals surface area contributed by atoms with Gasteiger partial charge < -0.3 is 5.32 Å². The second kappa shape index (κ2) is 4.79. The lowest BCUT2D eigenvalue weighted by atomic mass is 9.95. The number of rotatable bonds is 2. The van der Waals surface area contributed by atoms with Gasteiger partial charge >= 0.3 is 0 Å². The number of aromatic nitrogens is 2. The van der Waals surface area contributed by atoms with Gasteiger partial charge in [0.15, 0.2) is 0 Å². The maximum Gasteiger partial charge on any atom is 0.270 e. The summed E-state index contributed by atoms with van der Waals surface area (Å²) in [5.74, 6) is -0.0636. The van der Waals surface area contributed by atoms with Gasteiger partial charge in [-0.25, -0.2) is 0 Å². The van der Waals surface area contributed by atoms with E-state index in [1.165, 1.54) is 19.3 Å². The zero-order valence-electron chi connectivity index (χ0n) is 8.42. The van der Waals surface area contributed by atoms with E-state index in [2.05, 4.69) is 31.4 Å². The SMILES string of the molecule is O=C(NC1CCCCC1)c1[nH]ncc1Br. The molecule has 4 nitrogen and oxygen atoms in total. The van der Waals surface area contributed by atoms with Crippen LogP contribution < -0.4 is 5.32 Å². The van der Waals surface area contributed by atoms with Crippen LogP contribution in [0.2, 0.25) is 0 Å². The van der Waals surface area contributed by atoms with Gasteiger partial charge in [-0.2, -0.15) is 5.10 Å². The number of aromatic amines is 1. The maximum atomic E-state index is 11.8. The van der Waals surface area contributed by atoms with Crippen molar-refractivity contribution < 1.29 is 4.79 Å². The van der Waals surface area contributed by atoms with Crippen molar-refractivity contribution in [1.82, 2.24) is 15.5 Å². The van der Waals surface area contributed by atoms with Crippen LogP contribution in [0, 0.1) is 0 Å². The van der Waals surface area contributed by atoms with Gasteiger partial charge in [0.1, 0.15) is 5.69 Å². The van der Waals surface area contributed by atoms with Gasteiger partial charge in [0.05, 0.1) is 10.7 Å². The van der Waals surface area contributed by atoms with Crippen LogP contribution in [0.15, 0.2) is 10.7 Å². The van der Waals surface area contributed by atoms with Crippen LogP contribution >= 0.6 is 15.9 Å². The molecule has 5 heteroatoms. The number of hydrogen-bond acceptors (Lipinski definition) is 2. The third kappa shape index (κ3) is 2.59. The molecule has 2 N–H and O–H groups in total. The predicted molar refractivity (Wildman–Crippen MR) is 60.6 cm³/mol. The molecule has 1 aromatic heterocycles. The van der Waals surface area contributed by atoms with Crippen LogP contribution in [0.3, 0.4) is 0 Å². The van der Waals surface area contributed by atoms with E-state index >= 15 is 0 Å². The lowest BCUT2D eigenvalue weighted by Gasteiger charge is -2.22. The normalized spacial score (nSPS) is 17.7. The fraction of sp³-hybridized carbons (Fsp3) is 0.600. The van der Waals surface area contributed by atoms with Gasteiger partial charge in [-0.15, -0.1) is 0 Å². The lowest BCUT2D eigenvalue weighted by Crippen LogP contribution is -2.36. The summed E-state index contributed by atoms with van der Waals surface area (Å²) >= 11 is 3.28. The number of carbonyl (C=O) groups is 1. The van der Waals surface area contributed by atoms with E-state index in [1.807, 2.05) is 0 Å². The standard InChI is InChI=1S/C10H14BrN3O/c11-8-6-12-14-9(8)10(15)13-7-4-2-1-3-5-7/h6-7H,1-5H2,(H,12,14)(H,13,15). The average Bonchev–Trinajstić information content (AvgIpc) is 2.66. The second-order valence-corrected chi connectivity index (χ2v) is 4.76. The van der Waals surface area contributed by atoms with Crippen molar-refractivity contribution in [2.75, 3.05) is 0 Å². The summed E-state index contributed by atoms with van der Waals surface area (Å²) in [5, 5.41) is 9.51. The molecule has 1 aromatic rings. The first kappa shape index (κ1) is 10.7. The molecule has 0 aromatic carbocycles. The Morgan fingerprint density at radius 3 is 2.80 bits per heavy atom. The molecule has 0 aliphatic heterocycles. The highest BCUT2D eigenvalue weighted by Crippen LogP contribution is 2.18. The van der Waals surface area contributed by atoms with Crippen molar-refractivity contribution in [3.8, 4) is 0 Å². The molecule has 82 valence electrons. The molecule has 1 aliphatic carbocycles. The first-order chi connectivity index (χ1) is 7.27. The number of carbonyl (C=O) groups excluding carboxylic acids is 1. The summed E-state index contributed by atoms with van der Waals surface area (Å²) in [6, 6.07) is 0.335. The minimum absolute atomic E-state index is 0.0636. The van der Waals surface area contributed by atoms with Crippen LogP contribution in [-0.4, -0.2) is 22.1 Å². The van der Waals surface area contributed by atoms with E-state index in [1.54, 1.807) is 6.20 Å². The molecule has 0 saturated heterocycles. The molecular weight excluding hydrogens is 258 g/mol. The zero-order valence-corrected chi connectivity index (χ0v) is 10.0. The third-order valence-electron chi connectivity index (χ3n) is 2.76. The molecule has 1 heterocycles. The highest BCUT2D eigenvalue weighted by molar-refractivity contribution is 9.10. The highest BCUT2D eigenvalue weighted by Gasteiger charge is 2.18. The molecular formula is C10H14BrN3O. The van der Waals surface area contributed by atoms with Crippen molar-refractivity contribution in [1.29, 1.82) is 0 Å². The molecule has 1 fully saturated rings. The zero-order chi connectivity index (χ0) is 10.7. The van der Waals surface area contributed by atoms with Gasteiger partial charge in [-0.05, 0) is 28.8 Å². The second-order valence-electron chi connectivity index (χ2n) is 3.90. The predicted octanol–water partition coefficient (Wildman–Crippen LogP) is 2.23. The summed E-state index contributed by atoms with van der Waals surface area (Å²) in [7, 11) is 0. The summed E-state index contributed by atoms with van der Waals surface area (Å²) in [6.07, 6.45) is 7.51. The van der Waals surface area contributed by atoms with E-state index in [9.17, 15) is 4.79 Å². The fourth-order valence-electron chi connectivity index (χ4n) is 1.94. The molecule has 0 bridgehead atoms. The van der Waals surface area contributed by atoms with E-state index in [4.69, 9.17) is 0 Å². The van der Waals surface area contributed by atoms with Gasteiger partial charge in [0.2, 0.25) is 0 Å². The van der Waals surface area contributed by atoms with Gasteiger partial charge in [0, 0.05) is 6.04 Å². The Balaban J connectivity index is 1.94. The minimum Gasteiger partial charge on any atom is -0.348 e. The van der Waals surface area contributed by atoms with Gasteiger partial charge in [-0.3, -0.25) is 9.89 Å². The van der Waals surface area contributed by atoms with E-state index in [0.717, 1.165) is 17.3 Å². The molecule has 0 radical (unpaired) electrons. The van der Waals surface area contributed by atoms with Crippen molar-refractivity contribution in [3.05, 3.63) is 16.4 Å². The van der Waals surface area contributed by atoms with E-state index in [0.29, 0.717) is 11.7 Å². The molecule has 0 unspecified atom stereocenters. The fourth-order valence-corrected chi connectivity index (χ4v) is 2.31. The van der Waals surface area contributed by atoms with Crippen LogP contribution in [0.5, 0.6) is 0 Å². The number of hydrogen-bond donors (Lipinski definition) is 2. The van der Waals surface area contributed by atoms with Crippen LogP contribution in [0.25, 0.3) is 0 Å². The third-order valence-corrected chi connectivity index (χ3v) is 3.36. The number of nitrogens with zero attached hydrogens (tertiary/aromatic N) is 1. The summed E-state index contributed by atoms with van der Waals surface area (Å²) < 4.78 is 0.718. The smallest absolute Gasteiger partial charge is 0.270 e. The first-order valence-electron chi connectivity index (χ1n) is 5.27. The Morgan fingerprint density at radius 2 is 2.20 bits per heavy atom. The number of halogens is 1. The van der Waals surface area contributed by atoms with Gasteiger partial charge in [-0.1, -0.05) is 19.3 Å². The van der Waals surface area contributed by atoms with Crippen LogP contribution in [0.4, 0.5) is 0 Å². The quantitative estimate of drug-likeness (QED) is 0.867. The number of amides is 1. The molecule has 1 amide bonds. The minimum atomic E-state index is -0.0636. The maximum absolute atomic E-state index is 11.8. The first-order valence-corrected chi connectivity index (χ1v) is 6.06. The molecule has 0 atom stereocenters. The topological polar surface area (TPSA) is 57.8 Å². The molecule has 1 saturated carbocycles. The van der Waals surface area contributed by atoms with E-state index in [-0.39, 0.29) is 5.91 Å². The number of nitrogens with one attached hydrogen (secondary N) is 2. The van der Waals surface area contributed by atoms with Crippen molar-refractivity contribution >= 4 is 21.8 Å². The average molecular weight is 272 g/mol. The number of H-pyrrole nitrogens is 1. The van der Waals surface area contributed by atoms with E-state index < -0.39 is 0 Å². The van der Waals surface area contributed by atoms with Crippen LogP contribution in [-0.2, 0) is 0 Å². The Morgan fingerprint density at radius 1 is 1.47 bits per heavy atom. The lowest BCUT2D eigenvalue weighted by molar-refractivity contribution is 0.0922. The monoisotopic (exact) mass is 271 g/mol.